The Morgan fingerprint density at radius 2 is 1.80 bits per heavy atom. The van der Waals surface area contributed by atoms with Gasteiger partial charge in [0, 0.05) is 11.6 Å². The van der Waals surface area contributed by atoms with Crippen LogP contribution in [0.3, 0.4) is 0 Å². The second-order valence-electron chi connectivity index (χ2n) is 3.97. The summed E-state index contributed by atoms with van der Waals surface area (Å²) in [5, 5.41) is 10.6. The number of methoxy groups -OCH3 is 1. The third kappa shape index (κ3) is 3.03. The number of nitro benzene ring substituents is 1. The van der Waals surface area contributed by atoms with Gasteiger partial charge in [-0.3, -0.25) is 10.1 Å². The molecule has 0 radical (unpaired) electrons. The molecular formula is C14H12FNO4. The van der Waals surface area contributed by atoms with Crippen molar-refractivity contribution in [3.8, 4) is 11.5 Å². The van der Waals surface area contributed by atoms with Gasteiger partial charge >= 0.3 is 5.69 Å². The molecular weight excluding hydrogens is 265 g/mol. The molecule has 0 amide bonds. The first-order chi connectivity index (χ1) is 9.61. The first-order valence-corrected chi connectivity index (χ1v) is 5.80. The van der Waals surface area contributed by atoms with E-state index in [2.05, 4.69) is 0 Å². The highest BCUT2D eigenvalue weighted by atomic mass is 19.1. The average Bonchev–Trinajstić information content (AvgIpc) is 2.46. The molecule has 2 aromatic carbocycles. The first kappa shape index (κ1) is 13.8. The van der Waals surface area contributed by atoms with Crippen molar-refractivity contribution in [3.63, 3.8) is 0 Å². The molecule has 2 rings (SSSR count). The zero-order valence-corrected chi connectivity index (χ0v) is 10.7. The van der Waals surface area contributed by atoms with E-state index in [9.17, 15) is 14.5 Å². The molecule has 0 bridgehead atoms. The highest BCUT2D eigenvalue weighted by Gasteiger charge is 2.17. The predicted molar refractivity (Wildman–Crippen MR) is 70.4 cm³/mol. The second kappa shape index (κ2) is 6.01. The number of halogens is 1. The third-order valence-corrected chi connectivity index (χ3v) is 2.71. The Hall–Kier alpha value is -2.63. The van der Waals surface area contributed by atoms with Crippen LogP contribution < -0.4 is 9.47 Å². The number of hydrogen-bond acceptors (Lipinski definition) is 4. The summed E-state index contributed by atoms with van der Waals surface area (Å²) < 4.78 is 24.2. The van der Waals surface area contributed by atoms with Gasteiger partial charge in [0.2, 0.25) is 5.82 Å². The lowest BCUT2D eigenvalue weighted by atomic mass is 10.2. The van der Waals surface area contributed by atoms with Gasteiger partial charge in [0.05, 0.1) is 12.0 Å². The van der Waals surface area contributed by atoms with Crippen LogP contribution in [-0.2, 0) is 6.61 Å². The van der Waals surface area contributed by atoms with Crippen LogP contribution in [0.15, 0.2) is 42.5 Å². The van der Waals surface area contributed by atoms with Gasteiger partial charge < -0.3 is 9.47 Å². The standard InChI is InChI=1S/C14H12FNO4/c1-19-11-5-7-12(8-6-11)20-9-10-3-2-4-13(14(10)15)16(17)18/h2-8H,9H2,1H3. The van der Waals surface area contributed by atoms with Gasteiger partial charge in [0.15, 0.2) is 0 Å². The predicted octanol–water partition coefficient (Wildman–Crippen LogP) is 3.32. The van der Waals surface area contributed by atoms with Crippen LogP contribution in [0.5, 0.6) is 11.5 Å². The normalized spacial score (nSPS) is 10.1. The van der Waals surface area contributed by atoms with Crippen LogP contribution >= 0.6 is 0 Å². The number of hydrogen-bond donors (Lipinski definition) is 0. The van der Waals surface area contributed by atoms with Crippen LogP contribution in [0.25, 0.3) is 0 Å². The van der Waals surface area contributed by atoms with Crippen molar-refractivity contribution in [2.75, 3.05) is 7.11 Å². The molecule has 2 aromatic rings. The maximum atomic E-state index is 13.8. The molecule has 0 unspecified atom stereocenters. The lowest BCUT2D eigenvalue weighted by molar-refractivity contribution is -0.387. The van der Waals surface area contributed by atoms with Crippen LogP contribution in [-0.4, -0.2) is 12.0 Å². The molecule has 0 saturated carbocycles. The van der Waals surface area contributed by atoms with E-state index in [-0.39, 0.29) is 12.2 Å². The van der Waals surface area contributed by atoms with Gasteiger partial charge in [-0.05, 0) is 24.3 Å². The molecule has 0 spiro atoms. The Balaban J connectivity index is 2.10. The Labute approximate surface area is 114 Å². The summed E-state index contributed by atoms with van der Waals surface area (Å²) in [5.41, 5.74) is -0.421. The molecule has 0 aliphatic heterocycles. The molecule has 20 heavy (non-hydrogen) atoms. The van der Waals surface area contributed by atoms with Crippen molar-refractivity contribution >= 4 is 5.69 Å². The smallest absolute Gasteiger partial charge is 0.305 e. The van der Waals surface area contributed by atoms with Gasteiger partial charge in [-0.2, -0.15) is 4.39 Å². The Bertz CT molecular complexity index is 613. The quantitative estimate of drug-likeness (QED) is 0.621. The molecule has 0 atom stereocenters. The maximum Gasteiger partial charge on any atom is 0.305 e. The molecule has 0 aliphatic rings. The fraction of sp³-hybridized carbons (Fsp3) is 0.143. The van der Waals surface area contributed by atoms with Crippen LogP contribution in [0.4, 0.5) is 10.1 Å². The Kier molecular flexibility index (Phi) is 4.14. The van der Waals surface area contributed by atoms with E-state index >= 15 is 0 Å². The summed E-state index contributed by atoms with van der Waals surface area (Å²) in [4.78, 5) is 9.87. The van der Waals surface area contributed by atoms with Crippen molar-refractivity contribution in [1.82, 2.24) is 0 Å². The lowest BCUT2D eigenvalue weighted by Crippen LogP contribution is -2.01. The van der Waals surface area contributed by atoms with Gasteiger partial charge in [0.1, 0.15) is 18.1 Å². The largest absolute Gasteiger partial charge is 0.497 e. The Morgan fingerprint density at radius 1 is 1.15 bits per heavy atom. The zero-order valence-electron chi connectivity index (χ0n) is 10.7. The van der Waals surface area contributed by atoms with Crippen LogP contribution in [0.1, 0.15) is 5.56 Å². The summed E-state index contributed by atoms with van der Waals surface area (Å²) in [6.07, 6.45) is 0. The van der Waals surface area contributed by atoms with E-state index in [0.717, 1.165) is 6.07 Å². The van der Waals surface area contributed by atoms with Crippen molar-refractivity contribution in [3.05, 3.63) is 64.0 Å². The van der Waals surface area contributed by atoms with E-state index in [0.29, 0.717) is 11.5 Å². The fourth-order valence-corrected chi connectivity index (χ4v) is 1.65. The topological polar surface area (TPSA) is 61.6 Å². The molecule has 5 nitrogen and oxygen atoms in total. The molecule has 0 heterocycles. The minimum atomic E-state index is -0.869. The van der Waals surface area contributed by atoms with E-state index in [4.69, 9.17) is 9.47 Å². The molecule has 0 saturated heterocycles. The number of benzene rings is 2. The van der Waals surface area contributed by atoms with Crippen molar-refractivity contribution in [2.24, 2.45) is 0 Å². The fourth-order valence-electron chi connectivity index (χ4n) is 1.65. The van der Waals surface area contributed by atoms with Crippen LogP contribution in [0, 0.1) is 15.9 Å². The number of nitro groups is 1. The number of ether oxygens (including phenoxy) is 2. The van der Waals surface area contributed by atoms with Crippen molar-refractivity contribution < 1.29 is 18.8 Å². The third-order valence-electron chi connectivity index (χ3n) is 2.71. The van der Waals surface area contributed by atoms with Crippen molar-refractivity contribution in [1.29, 1.82) is 0 Å². The minimum Gasteiger partial charge on any atom is -0.497 e. The number of rotatable bonds is 5. The van der Waals surface area contributed by atoms with E-state index in [1.807, 2.05) is 0 Å². The monoisotopic (exact) mass is 277 g/mol. The van der Waals surface area contributed by atoms with E-state index < -0.39 is 16.4 Å². The molecule has 0 aromatic heterocycles. The molecule has 0 N–H and O–H groups in total. The molecule has 0 fully saturated rings. The lowest BCUT2D eigenvalue weighted by Gasteiger charge is -2.08. The molecule has 0 aliphatic carbocycles. The minimum absolute atomic E-state index is 0.0835. The molecule has 104 valence electrons. The van der Waals surface area contributed by atoms with Gasteiger partial charge in [-0.25, -0.2) is 0 Å². The molecule has 6 heteroatoms. The SMILES string of the molecule is COc1ccc(OCc2cccc([N+](=O)[O-])c2F)cc1. The maximum absolute atomic E-state index is 13.8. The number of nitrogens with zero attached hydrogens (tertiary/aromatic N) is 1. The summed E-state index contributed by atoms with van der Waals surface area (Å²) in [5.74, 6) is 0.335. The Morgan fingerprint density at radius 3 is 2.40 bits per heavy atom. The second-order valence-corrected chi connectivity index (χ2v) is 3.97. The highest BCUT2D eigenvalue weighted by molar-refractivity contribution is 5.37. The van der Waals surface area contributed by atoms with Gasteiger partial charge in [-0.1, -0.05) is 12.1 Å². The van der Waals surface area contributed by atoms with Gasteiger partial charge in [0.25, 0.3) is 0 Å². The van der Waals surface area contributed by atoms with Crippen molar-refractivity contribution in [2.45, 2.75) is 6.61 Å². The zero-order chi connectivity index (χ0) is 14.5. The summed E-state index contributed by atoms with van der Waals surface area (Å²) in [7, 11) is 1.55. The first-order valence-electron chi connectivity index (χ1n) is 5.80. The average molecular weight is 277 g/mol. The van der Waals surface area contributed by atoms with Crippen LogP contribution in [0.2, 0.25) is 0 Å². The summed E-state index contributed by atoms with van der Waals surface area (Å²) >= 11 is 0. The highest BCUT2D eigenvalue weighted by Crippen LogP contribution is 2.22. The summed E-state index contributed by atoms with van der Waals surface area (Å²) in [6.45, 7) is -0.0835. The van der Waals surface area contributed by atoms with Gasteiger partial charge in [-0.15, -0.1) is 0 Å². The summed E-state index contributed by atoms with van der Waals surface area (Å²) in [6, 6.07) is 10.8. The van der Waals surface area contributed by atoms with E-state index in [1.165, 1.54) is 12.1 Å². The van der Waals surface area contributed by atoms with E-state index in [1.54, 1.807) is 31.4 Å².